The first-order valence-corrected chi connectivity index (χ1v) is 6.38. The number of hydrogen-bond donors (Lipinski definition) is 3. The number of nitrogens with one attached hydrogen (secondary N) is 1. The molecule has 2 atom stereocenters. The number of methoxy groups -OCH3 is 1. The molecule has 0 amide bonds. The quantitative estimate of drug-likeness (QED) is 0.592. The van der Waals surface area contributed by atoms with E-state index < -0.39 is 18.2 Å². The molecular formula is C14H21NO5. The minimum absolute atomic E-state index is 0.163. The first-order valence-electron chi connectivity index (χ1n) is 6.38. The second kappa shape index (κ2) is 8.52. The zero-order valence-corrected chi connectivity index (χ0v) is 11.7. The van der Waals surface area contributed by atoms with Crippen molar-refractivity contribution in [1.29, 1.82) is 0 Å². The Morgan fingerprint density at radius 2 is 1.95 bits per heavy atom. The average Bonchev–Trinajstić information content (AvgIpc) is 2.49. The molecule has 3 N–H and O–H groups in total. The largest absolute Gasteiger partial charge is 0.482 e. The highest BCUT2D eigenvalue weighted by molar-refractivity contribution is 5.70. The number of carbonyl (C=O) groups excluding carboxylic acids is 1. The van der Waals surface area contributed by atoms with E-state index >= 15 is 0 Å². The molecule has 0 saturated carbocycles. The van der Waals surface area contributed by atoms with Crippen LogP contribution in [-0.4, -0.2) is 49.6 Å². The SMILES string of the molecule is CNCCC(O)C(O)c1ccc(OCC(=O)OC)cc1. The third-order valence-corrected chi connectivity index (χ3v) is 2.86. The second-order valence-electron chi connectivity index (χ2n) is 4.34. The Morgan fingerprint density at radius 1 is 1.30 bits per heavy atom. The highest BCUT2D eigenvalue weighted by atomic mass is 16.6. The van der Waals surface area contributed by atoms with E-state index in [-0.39, 0.29) is 6.61 Å². The molecule has 1 aromatic carbocycles. The van der Waals surface area contributed by atoms with Crippen molar-refractivity contribution in [3.63, 3.8) is 0 Å². The smallest absolute Gasteiger partial charge is 0.343 e. The lowest BCUT2D eigenvalue weighted by Gasteiger charge is -2.18. The van der Waals surface area contributed by atoms with Crippen LogP contribution in [-0.2, 0) is 9.53 Å². The van der Waals surface area contributed by atoms with E-state index in [0.29, 0.717) is 24.3 Å². The maximum absolute atomic E-state index is 10.9. The molecule has 1 aromatic rings. The molecule has 1 rings (SSSR count). The molecule has 0 aromatic heterocycles. The van der Waals surface area contributed by atoms with Crippen LogP contribution < -0.4 is 10.1 Å². The number of aliphatic hydroxyl groups excluding tert-OH is 2. The maximum Gasteiger partial charge on any atom is 0.343 e. The summed E-state index contributed by atoms with van der Waals surface area (Å²) in [7, 11) is 3.07. The van der Waals surface area contributed by atoms with Crippen LogP contribution in [0, 0.1) is 0 Å². The molecule has 0 aliphatic heterocycles. The summed E-state index contributed by atoms with van der Waals surface area (Å²) in [5.74, 6) is 0.0349. The van der Waals surface area contributed by atoms with Gasteiger partial charge in [0.15, 0.2) is 6.61 Å². The van der Waals surface area contributed by atoms with E-state index in [1.807, 2.05) is 0 Å². The van der Waals surface area contributed by atoms with Gasteiger partial charge >= 0.3 is 5.97 Å². The van der Waals surface area contributed by atoms with Crippen molar-refractivity contribution in [3.8, 4) is 5.75 Å². The summed E-state index contributed by atoms with van der Waals surface area (Å²) < 4.78 is 9.65. The molecular weight excluding hydrogens is 262 g/mol. The van der Waals surface area contributed by atoms with Crippen molar-refractivity contribution in [2.75, 3.05) is 27.3 Å². The number of ether oxygens (including phenoxy) is 2. The van der Waals surface area contributed by atoms with Crippen LogP contribution in [0.3, 0.4) is 0 Å². The fourth-order valence-corrected chi connectivity index (χ4v) is 1.63. The lowest BCUT2D eigenvalue weighted by molar-refractivity contribution is -0.142. The van der Waals surface area contributed by atoms with E-state index in [9.17, 15) is 15.0 Å². The van der Waals surface area contributed by atoms with Crippen molar-refractivity contribution in [3.05, 3.63) is 29.8 Å². The number of aliphatic hydroxyl groups is 2. The van der Waals surface area contributed by atoms with Gasteiger partial charge in [-0.2, -0.15) is 0 Å². The third kappa shape index (κ3) is 5.16. The topological polar surface area (TPSA) is 88.0 Å². The number of hydrogen-bond acceptors (Lipinski definition) is 6. The van der Waals surface area contributed by atoms with Crippen LogP contribution in [0.5, 0.6) is 5.75 Å². The summed E-state index contributed by atoms with van der Waals surface area (Å²) in [5.41, 5.74) is 0.596. The van der Waals surface area contributed by atoms with E-state index in [1.54, 1.807) is 31.3 Å². The lowest BCUT2D eigenvalue weighted by Crippen LogP contribution is -2.23. The Balaban J connectivity index is 2.54. The summed E-state index contributed by atoms with van der Waals surface area (Å²) in [6.45, 7) is 0.460. The van der Waals surface area contributed by atoms with Crippen LogP contribution in [0.15, 0.2) is 24.3 Å². The molecule has 20 heavy (non-hydrogen) atoms. The summed E-state index contributed by atoms with van der Waals surface area (Å²) in [6, 6.07) is 6.57. The molecule has 112 valence electrons. The second-order valence-corrected chi connectivity index (χ2v) is 4.34. The Labute approximate surface area is 118 Å². The van der Waals surface area contributed by atoms with Gasteiger partial charge in [0.1, 0.15) is 11.9 Å². The predicted molar refractivity (Wildman–Crippen MR) is 73.5 cm³/mol. The minimum Gasteiger partial charge on any atom is -0.482 e. The monoisotopic (exact) mass is 283 g/mol. The standard InChI is InChI=1S/C14H21NO5/c1-15-8-7-12(16)14(18)10-3-5-11(6-4-10)20-9-13(17)19-2/h3-6,12,14-16,18H,7-9H2,1-2H3. The first-order chi connectivity index (χ1) is 9.58. The van der Waals surface area contributed by atoms with E-state index in [1.165, 1.54) is 7.11 Å². The van der Waals surface area contributed by atoms with Crippen LogP contribution >= 0.6 is 0 Å². The van der Waals surface area contributed by atoms with Gasteiger partial charge in [-0.3, -0.25) is 0 Å². The Hall–Kier alpha value is -1.63. The van der Waals surface area contributed by atoms with E-state index in [2.05, 4.69) is 10.1 Å². The van der Waals surface area contributed by atoms with Gasteiger partial charge in [0.05, 0.1) is 13.2 Å². The highest BCUT2D eigenvalue weighted by Gasteiger charge is 2.17. The van der Waals surface area contributed by atoms with Gasteiger partial charge < -0.3 is 25.0 Å². The van der Waals surface area contributed by atoms with Crippen molar-refractivity contribution >= 4 is 5.97 Å². The van der Waals surface area contributed by atoms with Crippen LogP contribution in [0.2, 0.25) is 0 Å². The summed E-state index contributed by atoms with van der Waals surface area (Å²) in [5, 5.41) is 22.7. The van der Waals surface area contributed by atoms with Crippen molar-refractivity contribution < 1.29 is 24.5 Å². The van der Waals surface area contributed by atoms with Crippen LogP contribution in [0.4, 0.5) is 0 Å². The normalized spacial score (nSPS) is 13.6. The first kappa shape index (κ1) is 16.4. The van der Waals surface area contributed by atoms with Gasteiger partial charge in [0.2, 0.25) is 0 Å². The van der Waals surface area contributed by atoms with Gasteiger partial charge in [0, 0.05) is 0 Å². The Morgan fingerprint density at radius 3 is 2.50 bits per heavy atom. The van der Waals surface area contributed by atoms with Crippen molar-refractivity contribution in [2.24, 2.45) is 0 Å². The van der Waals surface area contributed by atoms with Gasteiger partial charge in [-0.15, -0.1) is 0 Å². The molecule has 0 heterocycles. The molecule has 0 fully saturated rings. The zero-order chi connectivity index (χ0) is 15.0. The predicted octanol–water partition coefficient (Wildman–Crippen LogP) is 0.242. The van der Waals surface area contributed by atoms with Crippen molar-refractivity contribution in [1.82, 2.24) is 5.32 Å². The Bertz CT molecular complexity index is 407. The molecule has 0 bridgehead atoms. The van der Waals surface area contributed by atoms with E-state index in [4.69, 9.17) is 4.74 Å². The molecule has 0 aliphatic carbocycles. The van der Waals surface area contributed by atoms with Crippen LogP contribution in [0.1, 0.15) is 18.1 Å². The number of esters is 1. The molecule has 6 nitrogen and oxygen atoms in total. The summed E-state index contributed by atoms with van der Waals surface area (Å²) >= 11 is 0. The minimum atomic E-state index is -0.946. The van der Waals surface area contributed by atoms with Gasteiger partial charge in [0.25, 0.3) is 0 Å². The molecule has 0 spiro atoms. The van der Waals surface area contributed by atoms with Gasteiger partial charge in [-0.05, 0) is 37.7 Å². The summed E-state index contributed by atoms with van der Waals surface area (Å²) in [6.07, 6.45) is -1.32. The number of benzene rings is 1. The van der Waals surface area contributed by atoms with E-state index in [0.717, 1.165) is 0 Å². The zero-order valence-electron chi connectivity index (χ0n) is 11.7. The van der Waals surface area contributed by atoms with Crippen molar-refractivity contribution in [2.45, 2.75) is 18.6 Å². The number of carbonyl (C=O) groups is 1. The third-order valence-electron chi connectivity index (χ3n) is 2.86. The maximum atomic E-state index is 10.9. The molecule has 0 aliphatic rings. The fourth-order valence-electron chi connectivity index (χ4n) is 1.63. The molecule has 6 heteroatoms. The lowest BCUT2D eigenvalue weighted by atomic mass is 10.0. The molecule has 0 saturated heterocycles. The average molecular weight is 283 g/mol. The Kier molecular flexibility index (Phi) is 7.00. The number of rotatable bonds is 8. The van der Waals surface area contributed by atoms with Gasteiger partial charge in [-0.1, -0.05) is 12.1 Å². The molecule has 0 radical (unpaired) electrons. The molecule has 2 unspecified atom stereocenters. The highest BCUT2D eigenvalue weighted by Crippen LogP contribution is 2.21. The van der Waals surface area contributed by atoms with Gasteiger partial charge in [-0.25, -0.2) is 4.79 Å². The van der Waals surface area contributed by atoms with Crippen LogP contribution in [0.25, 0.3) is 0 Å². The summed E-state index contributed by atoms with van der Waals surface area (Å²) in [4.78, 5) is 10.9. The fraction of sp³-hybridized carbons (Fsp3) is 0.500.